The van der Waals surface area contributed by atoms with Gasteiger partial charge in [0.15, 0.2) is 0 Å². The number of carbonyl (C=O) groups is 2. The molecule has 1 saturated heterocycles. The van der Waals surface area contributed by atoms with Crippen molar-refractivity contribution in [2.75, 3.05) is 22.6 Å². The van der Waals surface area contributed by atoms with Gasteiger partial charge in [0.1, 0.15) is 17.9 Å². The van der Waals surface area contributed by atoms with Crippen molar-refractivity contribution in [1.29, 1.82) is 0 Å². The van der Waals surface area contributed by atoms with E-state index in [0.717, 1.165) is 44.0 Å². The summed E-state index contributed by atoms with van der Waals surface area (Å²) in [7, 11) is -3.63. The molecular formula is C26H30FN3O4S. The van der Waals surface area contributed by atoms with Crippen LogP contribution in [0.5, 0.6) is 0 Å². The second-order valence-corrected chi connectivity index (χ2v) is 11.6. The molecule has 1 saturated carbocycles. The van der Waals surface area contributed by atoms with Gasteiger partial charge in [-0.3, -0.25) is 14.5 Å². The maximum absolute atomic E-state index is 14.3. The molecule has 5 rings (SSSR count). The van der Waals surface area contributed by atoms with E-state index in [2.05, 4.69) is 0 Å². The zero-order valence-electron chi connectivity index (χ0n) is 19.8. The minimum absolute atomic E-state index is 0.0471. The van der Waals surface area contributed by atoms with Crippen LogP contribution in [0.1, 0.15) is 56.6 Å². The predicted molar refractivity (Wildman–Crippen MR) is 132 cm³/mol. The number of benzene rings is 2. The lowest BCUT2D eigenvalue weighted by molar-refractivity contribution is -0.126. The maximum Gasteiger partial charge on any atom is 0.255 e. The summed E-state index contributed by atoms with van der Waals surface area (Å²) < 4.78 is 40.4. The van der Waals surface area contributed by atoms with E-state index < -0.39 is 33.8 Å². The molecule has 9 heteroatoms. The van der Waals surface area contributed by atoms with Gasteiger partial charge < -0.3 is 4.90 Å². The van der Waals surface area contributed by atoms with Crippen molar-refractivity contribution in [3.05, 3.63) is 59.9 Å². The van der Waals surface area contributed by atoms with E-state index in [1.54, 1.807) is 6.07 Å². The normalized spacial score (nSPS) is 23.5. The van der Waals surface area contributed by atoms with Crippen molar-refractivity contribution >= 4 is 33.2 Å². The smallest absolute Gasteiger partial charge is 0.255 e. The lowest BCUT2D eigenvalue weighted by Crippen LogP contribution is -2.51. The second-order valence-electron chi connectivity index (χ2n) is 9.68. The number of fused-ring (bicyclic) bond motifs is 1. The van der Waals surface area contributed by atoms with E-state index in [1.165, 1.54) is 27.4 Å². The van der Waals surface area contributed by atoms with Gasteiger partial charge in [-0.15, -0.1) is 0 Å². The van der Waals surface area contributed by atoms with E-state index in [4.69, 9.17) is 0 Å². The number of hydrogen-bond donors (Lipinski definition) is 0. The monoisotopic (exact) mass is 499 g/mol. The highest BCUT2D eigenvalue weighted by atomic mass is 32.2. The number of para-hydroxylation sites is 1. The predicted octanol–water partition coefficient (Wildman–Crippen LogP) is 4.00. The van der Waals surface area contributed by atoms with Gasteiger partial charge in [-0.25, -0.2) is 12.8 Å². The molecule has 2 fully saturated rings. The molecule has 0 radical (unpaired) electrons. The van der Waals surface area contributed by atoms with Crippen LogP contribution < -0.4 is 9.80 Å². The second kappa shape index (κ2) is 9.35. The van der Waals surface area contributed by atoms with E-state index in [1.807, 2.05) is 29.2 Å². The van der Waals surface area contributed by atoms with Crippen LogP contribution in [0.25, 0.3) is 0 Å². The van der Waals surface area contributed by atoms with Gasteiger partial charge in [-0.05, 0) is 49.9 Å². The average Bonchev–Trinajstić information content (AvgIpc) is 3.44. The van der Waals surface area contributed by atoms with Crippen molar-refractivity contribution < 1.29 is 22.4 Å². The molecule has 0 spiro atoms. The number of nitrogens with zero attached hydrogens (tertiary/aromatic N) is 3. The fourth-order valence-corrected chi connectivity index (χ4v) is 6.98. The van der Waals surface area contributed by atoms with E-state index in [0.29, 0.717) is 18.4 Å². The largest absolute Gasteiger partial charge is 0.307 e. The number of anilines is 2. The summed E-state index contributed by atoms with van der Waals surface area (Å²) in [6.07, 6.45) is 7.00. The van der Waals surface area contributed by atoms with E-state index >= 15 is 0 Å². The molecule has 0 bridgehead atoms. The first-order valence-corrected chi connectivity index (χ1v) is 14.1. The fraction of sp³-hybridized carbons (Fsp3) is 0.462. The molecular weight excluding hydrogens is 469 g/mol. The number of sulfonamides is 1. The maximum atomic E-state index is 14.3. The molecule has 35 heavy (non-hydrogen) atoms. The third-order valence-electron chi connectivity index (χ3n) is 7.40. The summed E-state index contributed by atoms with van der Waals surface area (Å²) in [4.78, 5) is 31.3. The SMILES string of the molecule is CS(=O)(=O)N1CCC[C@@H]1C(=O)N(c1cccc(F)c1)[C@@H]1C(=O)N(C2CCCCC2)c2ccccc21. The Kier molecular flexibility index (Phi) is 6.40. The van der Waals surface area contributed by atoms with E-state index in [9.17, 15) is 22.4 Å². The van der Waals surface area contributed by atoms with Crippen LogP contribution in [0.15, 0.2) is 48.5 Å². The van der Waals surface area contributed by atoms with Gasteiger partial charge in [-0.2, -0.15) is 4.31 Å². The molecule has 0 aromatic heterocycles. The van der Waals surface area contributed by atoms with Crippen LogP contribution in [0.4, 0.5) is 15.8 Å². The Bertz CT molecular complexity index is 1240. The van der Waals surface area contributed by atoms with Crippen molar-refractivity contribution in [1.82, 2.24) is 4.31 Å². The van der Waals surface area contributed by atoms with Crippen molar-refractivity contribution in [2.24, 2.45) is 0 Å². The molecule has 3 aliphatic rings. The summed E-state index contributed by atoms with van der Waals surface area (Å²) in [5.41, 5.74) is 1.70. The zero-order valence-corrected chi connectivity index (χ0v) is 20.6. The van der Waals surface area contributed by atoms with Gasteiger partial charge in [0.05, 0.1) is 6.26 Å². The molecule has 2 aromatic carbocycles. The molecule has 7 nitrogen and oxygen atoms in total. The highest BCUT2D eigenvalue weighted by Crippen LogP contribution is 2.45. The third kappa shape index (κ3) is 4.36. The Labute approximate surface area is 205 Å². The summed E-state index contributed by atoms with van der Waals surface area (Å²) >= 11 is 0. The van der Waals surface area contributed by atoms with E-state index in [-0.39, 0.29) is 24.2 Å². The molecule has 1 aliphatic carbocycles. The lowest BCUT2D eigenvalue weighted by atomic mass is 9.94. The zero-order chi connectivity index (χ0) is 24.7. The van der Waals surface area contributed by atoms with Crippen molar-refractivity contribution in [3.8, 4) is 0 Å². The first kappa shape index (κ1) is 23.9. The van der Waals surface area contributed by atoms with Crippen LogP contribution in [0.3, 0.4) is 0 Å². The van der Waals surface area contributed by atoms with Crippen LogP contribution in [-0.2, 0) is 19.6 Å². The summed E-state index contributed by atoms with van der Waals surface area (Å²) in [6.45, 7) is 0.246. The standard InChI is InChI=1S/C26H30FN3O4S/c1-35(33,34)28-16-8-15-23(28)25(31)30(20-12-7-9-18(27)17-20)24-21-13-5-6-14-22(21)29(26(24)32)19-10-3-2-4-11-19/h5-7,9,12-14,17,19,23-24H,2-4,8,10-11,15-16H2,1H3/t23-,24+/m1/s1. The number of rotatable bonds is 5. The van der Waals surface area contributed by atoms with Crippen molar-refractivity contribution in [3.63, 3.8) is 0 Å². The third-order valence-corrected chi connectivity index (χ3v) is 8.69. The Morgan fingerprint density at radius 1 is 1.00 bits per heavy atom. The molecule has 2 heterocycles. The molecule has 186 valence electrons. The van der Waals surface area contributed by atoms with Crippen molar-refractivity contribution in [2.45, 2.75) is 63.1 Å². The fourth-order valence-electron chi connectivity index (χ4n) is 5.86. The Hall–Kier alpha value is -2.78. The summed E-state index contributed by atoms with van der Waals surface area (Å²) in [5, 5.41) is 0. The molecule has 2 aliphatic heterocycles. The first-order valence-electron chi connectivity index (χ1n) is 12.2. The van der Waals surface area contributed by atoms with Crippen LogP contribution >= 0.6 is 0 Å². The van der Waals surface area contributed by atoms with Crippen LogP contribution in [-0.4, -0.2) is 49.4 Å². The highest BCUT2D eigenvalue weighted by molar-refractivity contribution is 7.88. The van der Waals surface area contributed by atoms with Crippen LogP contribution in [0.2, 0.25) is 0 Å². The van der Waals surface area contributed by atoms with Crippen LogP contribution in [0, 0.1) is 5.82 Å². The molecule has 2 atom stereocenters. The lowest BCUT2D eigenvalue weighted by Gasteiger charge is -2.35. The summed E-state index contributed by atoms with van der Waals surface area (Å²) in [5.74, 6) is -1.26. The molecule has 0 N–H and O–H groups in total. The quantitative estimate of drug-likeness (QED) is 0.623. The summed E-state index contributed by atoms with van der Waals surface area (Å²) in [6, 6.07) is 11.2. The minimum Gasteiger partial charge on any atom is -0.307 e. The van der Waals surface area contributed by atoms with Gasteiger partial charge >= 0.3 is 0 Å². The Morgan fingerprint density at radius 3 is 2.46 bits per heavy atom. The average molecular weight is 500 g/mol. The molecule has 2 amide bonds. The molecule has 2 aromatic rings. The van der Waals surface area contributed by atoms with Gasteiger partial charge in [0.25, 0.3) is 5.91 Å². The number of carbonyl (C=O) groups excluding carboxylic acids is 2. The van der Waals surface area contributed by atoms with Gasteiger partial charge in [0.2, 0.25) is 15.9 Å². The van der Waals surface area contributed by atoms with Gasteiger partial charge in [0, 0.05) is 29.5 Å². The topological polar surface area (TPSA) is 78.0 Å². The Balaban J connectivity index is 1.61. The van der Waals surface area contributed by atoms with Gasteiger partial charge in [-0.1, -0.05) is 43.5 Å². The Morgan fingerprint density at radius 2 is 1.74 bits per heavy atom. The highest BCUT2D eigenvalue weighted by Gasteiger charge is 2.48. The molecule has 0 unspecified atom stereocenters. The first-order chi connectivity index (χ1) is 16.8. The number of halogens is 1. The number of amides is 2. The minimum atomic E-state index is -3.63. The number of hydrogen-bond acceptors (Lipinski definition) is 4.